The Morgan fingerprint density at radius 1 is 0.667 bits per heavy atom. The van der Waals surface area contributed by atoms with Gasteiger partial charge in [0.15, 0.2) is 0 Å². The normalized spacial score (nSPS) is 11.4. The van der Waals surface area contributed by atoms with E-state index < -0.39 is 5.97 Å². The first-order chi connectivity index (χ1) is 13.2. The molecule has 0 bridgehead atoms. The highest BCUT2D eigenvalue weighted by atomic mass is 16.4. The van der Waals surface area contributed by atoms with E-state index in [4.69, 9.17) is 0 Å². The molecular weight excluding hydrogens is 338 g/mol. The Morgan fingerprint density at radius 2 is 1.07 bits per heavy atom. The number of hydrogen-bond acceptors (Lipinski definition) is 5. The number of aliphatic carboxylic acids is 1. The summed E-state index contributed by atoms with van der Waals surface area (Å²) in [5.41, 5.74) is 0. The minimum atomic E-state index is -0.984. The predicted octanol–water partition coefficient (Wildman–Crippen LogP) is 2.94. The van der Waals surface area contributed by atoms with Gasteiger partial charge in [-0.05, 0) is 25.9 Å². The van der Waals surface area contributed by atoms with Gasteiger partial charge in [0.2, 0.25) is 0 Å². The Balaban J connectivity index is 3.58. The molecule has 0 fully saturated rings. The molecule has 0 aliphatic carbocycles. The molecule has 5 nitrogen and oxygen atoms in total. The van der Waals surface area contributed by atoms with Crippen molar-refractivity contribution in [1.29, 1.82) is 0 Å². The van der Waals surface area contributed by atoms with Gasteiger partial charge in [-0.25, -0.2) is 0 Å². The highest BCUT2D eigenvalue weighted by Crippen LogP contribution is 2.04. The lowest BCUT2D eigenvalue weighted by Gasteiger charge is -2.23. The van der Waals surface area contributed by atoms with Gasteiger partial charge in [-0.15, -0.1) is 0 Å². The van der Waals surface area contributed by atoms with Crippen LogP contribution in [0, 0.1) is 0 Å². The number of carboxylic acids is 1. The Labute approximate surface area is 168 Å². The van der Waals surface area contributed by atoms with Crippen molar-refractivity contribution >= 4 is 5.97 Å². The van der Waals surface area contributed by atoms with E-state index in [1.54, 1.807) is 0 Å². The van der Waals surface area contributed by atoms with Crippen molar-refractivity contribution in [1.82, 2.24) is 15.5 Å². The lowest BCUT2D eigenvalue weighted by atomic mass is 10.1. The summed E-state index contributed by atoms with van der Waals surface area (Å²) in [4.78, 5) is 12.9. The zero-order chi connectivity index (χ0) is 20.0. The summed E-state index contributed by atoms with van der Waals surface area (Å²) in [6.45, 7) is 9.79. The monoisotopic (exact) mass is 384 g/mol. The van der Waals surface area contributed by atoms with Crippen LogP contribution in [0.1, 0.15) is 90.9 Å². The second-order valence-corrected chi connectivity index (χ2v) is 7.68. The molecule has 2 N–H and O–H groups in total. The van der Waals surface area contributed by atoms with E-state index in [0.29, 0.717) is 0 Å². The largest absolute Gasteiger partial charge is 0.549 e. The van der Waals surface area contributed by atoms with Crippen LogP contribution in [0.4, 0.5) is 0 Å². The molecular formula is C22H46N3O2-. The van der Waals surface area contributed by atoms with E-state index in [2.05, 4.69) is 24.5 Å². The van der Waals surface area contributed by atoms with Crippen LogP contribution in [-0.2, 0) is 4.79 Å². The number of nitrogens with one attached hydrogen (secondary N) is 2. The molecule has 27 heavy (non-hydrogen) atoms. The molecule has 0 saturated heterocycles. The molecule has 0 aromatic heterocycles. The Morgan fingerprint density at radius 3 is 1.48 bits per heavy atom. The molecule has 0 heterocycles. The maximum absolute atomic E-state index is 10.9. The van der Waals surface area contributed by atoms with Crippen molar-refractivity contribution < 1.29 is 9.90 Å². The first-order valence-electron chi connectivity index (χ1n) is 11.5. The standard InChI is InChI=1S/C22H47N3O2/c1-3-5-7-9-11-13-15-23-17-19-25(21-22(26)27)20-18-24-16-14-12-10-8-6-4-2/h23-24H,3-21H2,1-2H3,(H,26,27)/p-1. The van der Waals surface area contributed by atoms with Crippen LogP contribution in [0.3, 0.4) is 0 Å². The fourth-order valence-electron chi connectivity index (χ4n) is 3.24. The highest BCUT2D eigenvalue weighted by molar-refractivity contribution is 5.66. The molecule has 5 heteroatoms. The maximum Gasteiger partial charge on any atom is 0.0555 e. The summed E-state index contributed by atoms with van der Waals surface area (Å²) in [6.07, 6.45) is 15.6. The number of carbonyl (C=O) groups is 1. The van der Waals surface area contributed by atoms with Gasteiger partial charge in [0.1, 0.15) is 0 Å². The number of hydrogen-bond donors (Lipinski definition) is 2. The highest BCUT2D eigenvalue weighted by Gasteiger charge is 2.04. The molecule has 0 aromatic rings. The summed E-state index contributed by atoms with van der Waals surface area (Å²) >= 11 is 0. The van der Waals surface area contributed by atoms with Crippen LogP contribution in [0.25, 0.3) is 0 Å². The molecule has 0 unspecified atom stereocenters. The summed E-state index contributed by atoms with van der Waals surface area (Å²) in [7, 11) is 0. The van der Waals surface area contributed by atoms with Crippen molar-refractivity contribution in [2.45, 2.75) is 90.9 Å². The van der Waals surface area contributed by atoms with Crippen LogP contribution < -0.4 is 15.7 Å². The zero-order valence-corrected chi connectivity index (χ0v) is 18.2. The molecule has 0 rings (SSSR count). The second kappa shape index (κ2) is 21.6. The van der Waals surface area contributed by atoms with E-state index in [1.165, 1.54) is 77.0 Å². The molecule has 0 atom stereocenters. The van der Waals surface area contributed by atoms with E-state index in [0.717, 1.165) is 39.3 Å². The van der Waals surface area contributed by atoms with Crippen molar-refractivity contribution in [3.05, 3.63) is 0 Å². The quantitative estimate of drug-likeness (QED) is 0.281. The van der Waals surface area contributed by atoms with E-state index in [9.17, 15) is 9.90 Å². The van der Waals surface area contributed by atoms with Crippen molar-refractivity contribution in [2.24, 2.45) is 0 Å². The van der Waals surface area contributed by atoms with E-state index >= 15 is 0 Å². The van der Waals surface area contributed by atoms with Gasteiger partial charge < -0.3 is 20.5 Å². The molecule has 0 saturated carbocycles. The Bertz CT molecular complexity index is 292. The predicted molar refractivity (Wildman–Crippen MR) is 114 cm³/mol. The molecule has 0 aromatic carbocycles. The fraction of sp³-hybridized carbons (Fsp3) is 0.955. The van der Waals surface area contributed by atoms with Gasteiger partial charge in [-0.3, -0.25) is 4.90 Å². The summed E-state index contributed by atoms with van der Waals surface area (Å²) in [6, 6.07) is 0. The first-order valence-corrected chi connectivity index (χ1v) is 11.5. The minimum Gasteiger partial charge on any atom is -0.549 e. The number of rotatable bonds is 22. The summed E-state index contributed by atoms with van der Waals surface area (Å²) < 4.78 is 0. The zero-order valence-electron chi connectivity index (χ0n) is 18.2. The first kappa shape index (κ1) is 26.4. The Hall–Kier alpha value is -0.650. The lowest BCUT2D eigenvalue weighted by Crippen LogP contribution is -2.44. The molecule has 0 radical (unpaired) electrons. The molecule has 0 spiro atoms. The SMILES string of the molecule is CCCCCCCCNCCN(CCNCCCCCCCC)CC(=O)[O-]. The summed E-state index contributed by atoms with van der Waals surface area (Å²) in [5.74, 6) is -0.984. The van der Waals surface area contributed by atoms with Gasteiger partial charge >= 0.3 is 0 Å². The van der Waals surface area contributed by atoms with E-state index in [1.807, 2.05) is 4.90 Å². The third-order valence-corrected chi connectivity index (χ3v) is 4.98. The van der Waals surface area contributed by atoms with Gasteiger partial charge in [0, 0.05) is 32.7 Å². The van der Waals surface area contributed by atoms with Gasteiger partial charge in [0.05, 0.1) is 5.97 Å². The Kier molecular flexibility index (Phi) is 21.1. The van der Waals surface area contributed by atoms with Gasteiger partial charge in [0.25, 0.3) is 0 Å². The summed E-state index contributed by atoms with van der Waals surface area (Å²) in [5, 5.41) is 17.8. The van der Waals surface area contributed by atoms with Crippen LogP contribution >= 0.6 is 0 Å². The third kappa shape index (κ3) is 21.5. The average Bonchev–Trinajstić information content (AvgIpc) is 2.64. The van der Waals surface area contributed by atoms with Gasteiger partial charge in [-0.1, -0.05) is 78.1 Å². The van der Waals surface area contributed by atoms with E-state index in [-0.39, 0.29) is 6.54 Å². The molecule has 0 aliphatic heterocycles. The topological polar surface area (TPSA) is 67.4 Å². The van der Waals surface area contributed by atoms with Crippen LogP contribution in [0.15, 0.2) is 0 Å². The molecule has 162 valence electrons. The number of nitrogens with zero attached hydrogens (tertiary/aromatic N) is 1. The van der Waals surface area contributed by atoms with Gasteiger partial charge in [-0.2, -0.15) is 0 Å². The van der Waals surface area contributed by atoms with Crippen LogP contribution in [0.2, 0.25) is 0 Å². The minimum absolute atomic E-state index is 0.0252. The third-order valence-electron chi connectivity index (χ3n) is 4.98. The average molecular weight is 385 g/mol. The molecule has 0 aliphatic rings. The maximum atomic E-state index is 10.9. The number of unbranched alkanes of at least 4 members (excludes halogenated alkanes) is 10. The van der Waals surface area contributed by atoms with Crippen LogP contribution in [-0.4, -0.2) is 56.7 Å². The fourth-order valence-corrected chi connectivity index (χ4v) is 3.24. The smallest absolute Gasteiger partial charge is 0.0555 e. The second-order valence-electron chi connectivity index (χ2n) is 7.68. The lowest BCUT2D eigenvalue weighted by molar-refractivity contribution is -0.306. The van der Waals surface area contributed by atoms with Crippen LogP contribution in [0.5, 0.6) is 0 Å². The van der Waals surface area contributed by atoms with Crippen molar-refractivity contribution in [3.8, 4) is 0 Å². The number of carboxylic acid groups (broad SMARTS) is 1. The molecule has 0 amide bonds. The van der Waals surface area contributed by atoms with Crippen molar-refractivity contribution in [3.63, 3.8) is 0 Å². The number of carbonyl (C=O) groups excluding carboxylic acids is 1. The van der Waals surface area contributed by atoms with Crippen molar-refractivity contribution in [2.75, 3.05) is 45.8 Å².